The highest BCUT2D eigenvalue weighted by Crippen LogP contribution is 2.40. The second kappa shape index (κ2) is 7.12. The molecule has 1 aliphatic carbocycles. The monoisotopic (exact) mass is 274 g/mol. The van der Waals surface area contributed by atoms with Crippen LogP contribution in [0, 0.1) is 11.8 Å². The van der Waals surface area contributed by atoms with Crippen LogP contribution in [-0.4, -0.2) is 21.1 Å². The van der Waals surface area contributed by atoms with Crippen molar-refractivity contribution in [3.8, 4) is 0 Å². The third kappa shape index (κ3) is 3.35. The number of benzene rings is 1. The summed E-state index contributed by atoms with van der Waals surface area (Å²) >= 11 is 0. The van der Waals surface area contributed by atoms with E-state index in [2.05, 4.69) is 62.5 Å². The van der Waals surface area contributed by atoms with Gasteiger partial charge in [-0.25, -0.2) is 0 Å². The van der Waals surface area contributed by atoms with Gasteiger partial charge in [-0.05, 0) is 43.0 Å². The average Bonchev–Trinajstić information content (AvgIpc) is 2.49. The number of rotatable bonds is 5. The van der Waals surface area contributed by atoms with E-state index in [1.165, 1.54) is 43.4 Å². The largest absolute Gasteiger partial charge is 0.378 e. The molecule has 1 N–H and O–H groups in total. The van der Waals surface area contributed by atoms with Crippen LogP contribution < -0.4 is 10.2 Å². The van der Waals surface area contributed by atoms with Crippen LogP contribution in [0.25, 0.3) is 0 Å². The Hall–Kier alpha value is -1.02. The lowest BCUT2D eigenvalue weighted by Crippen LogP contribution is -2.32. The maximum absolute atomic E-state index is 3.60. The zero-order chi connectivity index (χ0) is 14.5. The van der Waals surface area contributed by atoms with E-state index in [0.717, 1.165) is 11.8 Å². The van der Waals surface area contributed by atoms with Crippen LogP contribution in [0.4, 0.5) is 5.69 Å². The predicted molar refractivity (Wildman–Crippen MR) is 88.3 cm³/mol. The van der Waals surface area contributed by atoms with Crippen molar-refractivity contribution in [1.82, 2.24) is 5.32 Å². The fraction of sp³-hybridized carbons (Fsp3) is 0.667. The number of hydrogen-bond acceptors (Lipinski definition) is 2. The SMILES string of the molecule is CCC1CCCCC1C(NC)c1cccc(N(C)C)c1. The Balaban J connectivity index is 2.24. The molecule has 1 aromatic carbocycles. The quantitative estimate of drug-likeness (QED) is 0.864. The summed E-state index contributed by atoms with van der Waals surface area (Å²) in [6, 6.07) is 9.52. The molecule has 1 aliphatic rings. The topological polar surface area (TPSA) is 15.3 Å². The summed E-state index contributed by atoms with van der Waals surface area (Å²) in [5, 5.41) is 3.60. The van der Waals surface area contributed by atoms with Gasteiger partial charge in [0.1, 0.15) is 0 Å². The van der Waals surface area contributed by atoms with E-state index >= 15 is 0 Å². The average molecular weight is 274 g/mol. The van der Waals surface area contributed by atoms with Gasteiger partial charge in [-0.3, -0.25) is 0 Å². The molecule has 2 heteroatoms. The standard InChI is InChI=1S/C18H30N2/c1-5-14-9-6-7-12-17(14)18(19-2)15-10-8-11-16(13-15)20(3)4/h8,10-11,13-14,17-19H,5-7,9,12H2,1-4H3. The van der Waals surface area contributed by atoms with E-state index in [-0.39, 0.29) is 0 Å². The third-order valence-corrected chi connectivity index (χ3v) is 4.98. The summed E-state index contributed by atoms with van der Waals surface area (Å²) < 4.78 is 0. The molecule has 1 saturated carbocycles. The van der Waals surface area contributed by atoms with Gasteiger partial charge in [-0.15, -0.1) is 0 Å². The summed E-state index contributed by atoms with van der Waals surface area (Å²) in [6.07, 6.45) is 6.91. The van der Waals surface area contributed by atoms with Crippen LogP contribution in [0.3, 0.4) is 0 Å². The van der Waals surface area contributed by atoms with Crippen LogP contribution in [-0.2, 0) is 0 Å². The van der Waals surface area contributed by atoms with Crippen molar-refractivity contribution in [2.75, 3.05) is 26.0 Å². The van der Waals surface area contributed by atoms with Crippen LogP contribution in [0.2, 0.25) is 0 Å². The molecule has 112 valence electrons. The Morgan fingerprint density at radius 1 is 1.25 bits per heavy atom. The van der Waals surface area contributed by atoms with Crippen molar-refractivity contribution in [2.24, 2.45) is 11.8 Å². The molecule has 1 aromatic rings. The minimum Gasteiger partial charge on any atom is -0.378 e. The minimum atomic E-state index is 0.500. The van der Waals surface area contributed by atoms with Gasteiger partial charge in [0.15, 0.2) is 0 Å². The van der Waals surface area contributed by atoms with Crippen molar-refractivity contribution >= 4 is 5.69 Å². The first-order valence-corrected chi connectivity index (χ1v) is 8.12. The predicted octanol–water partition coefficient (Wildman–Crippen LogP) is 4.23. The van der Waals surface area contributed by atoms with Gasteiger partial charge < -0.3 is 10.2 Å². The van der Waals surface area contributed by atoms with E-state index in [1.807, 2.05) is 0 Å². The molecule has 20 heavy (non-hydrogen) atoms. The number of nitrogens with one attached hydrogen (secondary N) is 1. The molecular formula is C18H30N2. The van der Waals surface area contributed by atoms with Crippen molar-refractivity contribution in [1.29, 1.82) is 0 Å². The summed E-state index contributed by atoms with van der Waals surface area (Å²) in [7, 11) is 6.35. The normalized spacial score (nSPS) is 24.4. The number of anilines is 1. The lowest BCUT2D eigenvalue weighted by molar-refractivity contribution is 0.180. The number of nitrogens with zero attached hydrogens (tertiary/aromatic N) is 1. The third-order valence-electron chi connectivity index (χ3n) is 4.98. The van der Waals surface area contributed by atoms with Gasteiger partial charge in [-0.1, -0.05) is 44.7 Å². The molecule has 0 amide bonds. The van der Waals surface area contributed by atoms with E-state index in [4.69, 9.17) is 0 Å². The molecule has 3 unspecified atom stereocenters. The fourth-order valence-electron chi connectivity index (χ4n) is 3.81. The highest BCUT2D eigenvalue weighted by atomic mass is 15.1. The van der Waals surface area contributed by atoms with Crippen molar-refractivity contribution in [2.45, 2.75) is 45.1 Å². The van der Waals surface area contributed by atoms with E-state index < -0.39 is 0 Å². The summed E-state index contributed by atoms with van der Waals surface area (Å²) in [4.78, 5) is 2.19. The van der Waals surface area contributed by atoms with Crippen LogP contribution in [0.1, 0.15) is 50.6 Å². The smallest absolute Gasteiger partial charge is 0.0364 e. The molecule has 2 nitrogen and oxygen atoms in total. The van der Waals surface area contributed by atoms with E-state index in [0.29, 0.717) is 6.04 Å². The van der Waals surface area contributed by atoms with Gasteiger partial charge in [0, 0.05) is 25.8 Å². The summed E-state index contributed by atoms with van der Waals surface area (Å²) in [6.45, 7) is 2.35. The Bertz CT molecular complexity index is 414. The maximum atomic E-state index is 3.60. The van der Waals surface area contributed by atoms with Crippen molar-refractivity contribution < 1.29 is 0 Å². The van der Waals surface area contributed by atoms with Crippen molar-refractivity contribution in [3.63, 3.8) is 0 Å². The molecule has 0 aromatic heterocycles. The van der Waals surface area contributed by atoms with Crippen molar-refractivity contribution in [3.05, 3.63) is 29.8 Å². The lowest BCUT2D eigenvalue weighted by atomic mass is 9.72. The highest BCUT2D eigenvalue weighted by Gasteiger charge is 2.30. The first-order valence-electron chi connectivity index (χ1n) is 8.12. The van der Waals surface area contributed by atoms with Gasteiger partial charge in [0.05, 0.1) is 0 Å². The zero-order valence-electron chi connectivity index (χ0n) is 13.5. The second-order valence-corrected chi connectivity index (χ2v) is 6.37. The molecular weight excluding hydrogens is 244 g/mol. The van der Waals surface area contributed by atoms with E-state index in [1.54, 1.807) is 0 Å². The fourth-order valence-corrected chi connectivity index (χ4v) is 3.81. The Labute approximate surface area is 124 Å². The lowest BCUT2D eigenvalue weighted by Gasteiger charge is -2.37. The first kappa shape index (κ1) is 15.4. The summed E-state index contributed by atoms with van der Waals surface area (Å²) in [5.41, 5.74) is 2.75. The van der Waals surface area contributed by atoms with Crippen LogP contribution in [0.15, 0.2) is 24.3 Å². The van der Waals surface area contributed by atoms with Gasteiger partial charge in [-0.2, -0.15) is 0 Å². The molecule has 0 aliphatic heterocycles. The molecule has 0 radical (unpaired) electrons. The Kier molecular flexibility index (Phi) is 5.47. The van der Waals surface area contributed by atoms with E-state index in [9.17, 15) is 0 Å². The van der Waals surface area contributed by atoms with Crippen LogP contribution >= 0.6 is 0 Å². The molecule has 1 fully saturated rings. The van der Waals surface area contributed by atoms with Gasteiger partial charge in [0.25, 0.3) is 0 Å². The molecule has 0 heterocycles. The molecule has 0 spiro atoms. The Morgan fingerprint density at radius 2 is 2.00 bits per heavy atom. The molecule has 2 rings (SSSR count). The molecule has 3 atom stereocenters. The Morgan fingerprint density at radius 3 is 2.65 bits per heavy atom. The minimum absolute atomic E-state index is 0.500. The molecule has 0 saturated heterocycles. The highest BCUT2D eigenvalue weighted by molar-refractivity contribution is 5.48. The maximum Gasteiger partial charge on any atom is 0.0364 e. The first-order chi connectivity index (χ1) is 9.67. The van der Waals surface area contributed by atoms with Crippen LogP contribution in [0.5, 0.6) is 0 Å². The summed E-state index contributed by atoms with van der Waals surface area (Å²) in [5.74, 6) is 1.67. The zero-order valence-corrected chi connectivity index (χ0v) is 13.5. The number of hydrogen-bond donors (Lipinski definition) is 1. The molecule has 0 bridgehead atoms. The van der Waals surface area contributed by atoms with Gasteiger partial charge >= 0.3 is 0 Å². The van der Waals surface area contributed by atoms with Gasteiger partial charge in [0.2, 0.25) is 0 Å². The second-order valence-electron chi connectivity index (χ2n) is 6.37.